The van der Waals surface area contributed by atoms with Crippen LogP contribution >= 0.6 is 11.6 Å². The van der Waals surface area contributed by atoms with E-state index in [2.05, 4.69) is 25.3 Å². The third kappa shape index (κ3) is 7.03. The highest BCUT2D eigenvalue weighted by Crippen LogP contribution is 2.29. The monoisotopic (exact) mass is 450 g/mol. The molecule has 1 aromatic heterocycles. The second-order valence-electron chi connectivity index (χ2n) is 6.97. The summed E-state index contributed by atoms with van der Waals surface area (Å²) in [6.45, 7) is 4.52. The van der Waals surface area contributed by atoms with Crippen molar-refractivity contribution in [3.8, 4) is 17.0 Å². The lowest BCUT2D eigenvalue weighted by Gasteiger charge is -2.15. The molecule has 0 saturated heterocycles. The predicted molar refractivity (Wildman–Crippen MR) is 116 cm³/mol. The summed E-state index contributed by atoms with van der Waals surface area (Å²) in [6.07, 6.45) is -3.91. The highest BCUT2D eigenvalue weighted by atomic mass is 35.5. The van der Waals surface area contributed by atoms with Gasteiger partial charge in [0.25, 0.3) is 0 Å². The van der Waals surface area contributed by atoms with Crippen molar-refractivity contribution in [2.45, 2.75) is 39.2 Å². The second kappa shape index (κ2) is 9.87. The number of halogens is 4. The summed E-state index contributed by atoms with van der Waals surface area (Å²) in [4.78, 5) is 8.97. The molecule has 0 aliphatic rings. The van der Waals surface area contributed by atoms with Gasteiger partial charge in [0, 0.05) is 29.2 Å². The van der Waals surface area contributed by atoms with Crippen LogP contribution in [-0.4, -0.2) is 22.4 Å². The molecular formula is C22H22ClF3N4O. The molecule has 164 valence electrons. The number of ether oxygens (including phenoxy) is 1. The van der Waals surface area contributed by atoms with Crippen LogP contribution in [0.1, 0.15) is 25.8 Å². The van der Waals surface area contributed by atoms with Crippen molar-refractivity contribution in [2.75, 3.05) is 10.6 Å². The summed E-state index contributed by atoms with van der Waals surface area (Å²) in [5.41, 5.74) is 1.94. The average molecular weight is 451 g/mol. The van der Waals surface area contributed by atoms with Gasteiger partial charge in [-0.15, -0.1) is 13.2 Å². The molecule has 0 fully saturated rings. The van der Waals surface area contributed by atoms with Gasteiger partial charge in [0.1, 0.15) is 11.6 Å². The summed E-state index contributed by atoms with van der Waals surface area (Å²) in [5, 5.41) is 7.09. The summed E-state index contributed by atoms with van der Waals surface area (Å²) in [6, 6.07) is 14.9. The molecule has 0 radical (unpaired) electrons. The van der Waals surface area contributed by atoms with Gasteiger partial charge in [-0.25, -0.2) is 4.98 Å². The van der Waals surface area contributed by atoms with Crippen LogP contribution in [0.4, 0.5) is 24.9 Å². The Morgan fingerprint density at radius 2 is 1.81 bits per heavy atom. The second-order valence-corrected chi connectivity index (χ2v) is 7.41. The van der Waals surface area contributed by atoms with Crippen LogP contribution in [0.25, 0.3) is 11.3 Å². The van der Waals surface area contributed by atoms with Crippen molar-refractivity contribution >= 4 is 23.4 Å². The Balaban J connectivity index is 1.89. The van der Waals surface area contributed by atoms with Crippen LogP contribution in [-0.2, 0) is 6.54 Å². The molecule has 2 aromatic carbocycles. The Kier molecular flexibility index (Phi) is 7.22. The topological polar surface area (TPSA) is 59.1 Å². The summed E-state index contributed by atoms with van der Waals surface area (Å²) in [5.74, 6) is 0.608. The number of anilines is 2. The first-order valence-electron chi connectivity index (χ1n) is 9.72. The highest BCUT2D eigenvalue weighted by molar-refractivity contribution is 6.30. The first-order valence-corrected chi connectivity index (χ1v) is 10.1. The molecule has 3 aromatic rings. The Labute approximate surface area is 183 Å². The van der Waals surface area contributed by atoms with E-state index in [0.29, 0.717) is 34.6 Å². The summed E-state index contributed by atoms with van der Waals surface area (Å²) in [7, 11) is 0. The van der Waals surface area contributed by atoms with E-state index in [1.807, 2.05) is 26.0 Å². The van der Waals surface area contributed by atoms with E-state index >= 15 is 0 Å². The SMILES string of the molecule is CC[C@H](C)Nc1nc(NCc2ccc(Cl)cc2)cc(-c2cccc(OC(F)(F)F)c2)n1. The van der Waals surface area contributed by atoms with Crippen LogP contribution < -0.4 is 15.4 Å². The minimum Gasteiger partial charge on any atom is -0.406 e. The molecule has 31 heavy (non-hydrogen) atoms. The molecule has 2 N–H and O–H groups in total. The molecule has 0 bridgehead atoms. The van der Waals surface area contributed by atoms with Crippen molar-refractivity contribution < 1.29 is 17.9 Å². The number of benzene rings is 2. The molecule has 1 atom stereocenters. The Morgan fingerprint density at radius 1 is 1.06 bits per heavy atom. The minimum atomic E-state index is -4.77. The maximum Gasteiger partial charge on any atom is 0.573 e. The van der Waals surface area contributed by atoms with E-state index in [-0.39, 0.29) is 11.8 Å². The lowest BCUT2D eigenvalue weighted by molar-refractivity contribution is -0.274. The number of hydrogen-bond donors (Lipinski definition) is 2. The smallest absolute Gasteiger partial charge is 0.406 e. The summed E-state index contributed by atoms with van der Waals surface area (Å²) < 4.78 is 41.8. The molecule has 0 aliphatic carbocycles. The van der Waals surface area contributed by atoms with Gasteiger partial charge in [0.2, 0.25) is 5.95 Å². The molecule has 0 spiro atoms. The standard InChI is InChI=1S/C22H22ClF3N4O/c1-3-14(2)28-21-29-19(16-5-4-6-18(11-16)31-22(24,25)26)12-20(30-21)27-13-15-7-9-17(23)10-8-15/h4-12,14H,3,13H2,1-2H3,(H2,27,28,29,30)/t14-/m0/s1. The van der Waals surface area contributed by atoms with Gasteiger partial charge in [0.05, 0.1) is 5.69 Å². The molecule has 0 aliphatic heterocycles. The van der Waals surface area contributed by atoms with Crippen LogP contribution in [0, 0.1) is 0 Å². The van der Waals surface area contributed by atoms with Gasteiger partial charge in [-0.05, 0) is 43.2 Å². The van der Waals surface area contributed by atoms with Crippen LogP contribution in [0.2, 0.25) is 5.02 Å². The number of alkyl halides is 3. The normalized spacial score (nSPS) is 12.3. The lowest BCUT2D eigenvalue weighted by Crippen LogP contribution is -2.17. The van der Waals surface area contributed by atoms with E-state index in [4.69, 9.17) is 11.6 Å². The van der Waals surface area contributed by atoms with Crippen LogP contribution in [0.5, 0.6) is 5.75 Å². The first kappa shape index (κ1) is 22.7. The van der Waals surface area contributed by atoms with Crippen LogP contribution in [0.15, 0.2) is 54.6 Å². The zero-order valence-electron chi connectivity index (χ0n) is 17.0. The Bertz CT molecular complexity index is 1010. The first-order chi connectivity index (χ1) is 14.7. The number of hydrogen-bond acceptors (Lipinski definition) is 5. The molecule has 3 rings (SSSR count). The van der Waals surface area contributed by atoms with E-state index in [0.717, 1.165) is 12.0 Å². The predicted octanol–water partition coefficient (Wildman–Crippen LogP) is 6.52. The minimum absolute atomic E-state index is 0.124. The van der Waals surface area contributed by atoms with Crippen molar-refractivity contribution in [3.63, 3.8) is 0 Å². The largest absolute Gasteiger partial charge is 0.573 e. The molecule has 0 unspecified atom stereocenters. The molecule has 5 nitrogen and oxygen atoms in total. The summed E-state index contributed by atoms with van der Waals surface area (Å²) >= 11 is 5.92. The molecule has 1 heterocycles. The fourth-order valence-electron chi connectivity index (χ4n) is 2.72. The molecule has 9 heteroatoms. The average Bonchev–Trinajstić information content (AvgIpc) is 2.72. The number of nitrogens with zero attached hydrogens (tertiary/aromatic N) is 2. The third-order valence-corrected chi connectivity index (χ3v) is 4.72. The maximum atomic E-state index is 12.6. The molecular weight excluding hydrogens is 429 g/mol. The van der Waals surface area contributed by atoms with Gasteiger partial charge >= 0.3 is 6.36 Å². The zero-order chi connectivity index (χ0) is 22.4. The van der Waals surface area contributed by atoms with E-state index in [9.17, 15) is 13.2 Å². The van der Waals surface area contributed by atoms with Crippen molar-refractivity contribution in [3.05, 3.63) is 65.2 Å². The van der Waals surface area contributed by atoms with Crippen molar-refractivity contribution in [1.29, 1.82) is 0 Å². The van der Waals surface area contributed by atoms with Gasteiger partial charge in [0.15, 0.2) is 0 Å². The molecule has 0 saturated carbocycles. The van der Waals surface area contributed by atoms with Crippen LogP contribution in [0.3, 0.4) is 0 Å². The molecule has 0 amide bonds. The van der Waals surface area contributed by atoms with E-state index < -0.39 is 6.36 Å². The van der Waals surface area contributed by atoms with Gasteiger partial charge in [-0.1, -0.05) is 42.8 Å². The van der Waals surface area contributed by atoms with Crippen molar-refractivity contribution in [2.24, 2.45) is 0 Å². The van der Waals surface area contributed by atoms with Gasteiger partial charge in [-0.2, -0.15) is 4.98 Å². The Hall–Kier alpha value is -3.00. The maximum absolute atomic E-state index is 12.6. The van der Waals surface area contributed by atoms with E-state index in [1.165, 1.54) is 18.2 Å². The lowest BCUT2D eigenvalue weighted by atomic mass is 10.1. The fraction of sp³-hybridized carbons (Fsp3) is 0.273. The van der Waals surface area contributed by atoms with E-state index in [1.54, 1.807) is 24.3 Å². The third-order valence-electron chi connectivity index (χ3n) is 4.46. The zero-order valence-corrected chi connectivity index (χ0v) is 17.8. The number of rotatable bonds is 8. The number of aromatic nitrogens is 2. The quantitative estimate of drug-likeness (QED) is 0.409. The fourth-order valence-corrected chi connectivity index (χ4v) is 2.85. The Morgan fingerprint density at radius 3 is 2.48 bits per heavy atom. The highest BCUT2D eigenvalue weighted by Gasteiger charge is 2.31. The number of nitrogens with one attached hydrogen (secondary N) is 2. The van der Waals surface area contributed by atoms with Gasteiger partial charge < -0.3 is 15.4 Å². The van der Waals surface area contributed by atoms with Gasteiger partial charge in [-0.3, -0.25) is 0 Å². The van der Waals surface area contributed by atoms with Crippen molar-refractivity contribution in [1.82, 2.24) is 9.97 Å².